The van der Waals surface area contributed by atoms with Crippen LogP contribution in [0.2, 0.25) is 0 Å². The van der Waals surface area contributed by atoms with Crippen molar-refractivity contribution >= 4 is 6.03 Å². The highest BCUT2D eigenvalue weighted by Gasteiger charge is 2.24. The summed E-state index contributed by atoms with van der Waals surface area (Å²) in [7, 11) is 0. The van der Waals surface area contributed by atoms with E-state index < -0.39 is 0 Å². The molecule has 3 rings (SSSR count). The second-order valence-electron chi connectivity index (χ2n) is 6.55. The number of urea groups is 1. The molecule has 0 aromatic carbocycles. The minimum Gasteiger partial charge on any atom is -0.361 e. The molecule has 130 valence electrons. The molecule has 1 fully saturated rings. The summed E-state index contributed by atoms with van der Waals surface area (Å²) in [5.74, 6) is 1.01. The van der Waals surface area contributed by atoms with Gasteiger partial charge in [0.15, 0.2) is 0 Å². The van der Waals surface area contributed by atoms with E-state index in [0.29, 0.717) is 12.6 Å². The number of hydrogen-bond donors (Lipinski definition) is 1. The third-order valence-electron chi connectivity index (χ3n) is 4.84. The number of piperidine rings is 1. The molecule has 1 unspecified atom stereocenters. The van der Waals surface area contributed by atoms with E-state index in [2.05, 4.69) is 26.9 Å². The highest BCUT2D eigenvalue weighted by molar-refractivity contribution is 5.74. The van der Waals surface area contributed by atoms with Crippen molar-refractivity contribution in [3.63, 3.8) is 0 Å². The number of carbonyl (C=O) groups is 1. The van der Waals surface area contributed by atoms with E-state index in [-0.39, 0.29) is 11.9 Å². The van der Waals surface area contributed by atoms with E-state index >= 15 is 0 Å². The predicted octanol–water partition coefficient (Wildman–Crippen LogP) is 2.64. The van der Waals surface area contributed by atoms with Gasteiger partial charge >= 0.3 is 6.03 Å². The maximum atomic E-state index is 12.4. The highest BCUT2D eigenvalue weighted by atomic mass is 16.5. The molecule has 0 saturated carbocycles. The summed E-state index contributed by atoms with van der Waals surface area (Å²) in [6.07, 6.45) is 7.57. The van der Waals surface area contributed by atoms with Crippen molar-refractivity contribution in [1.82, 2.24) is 24.9 Å². The molecule has 1 saturated heterocycles. The van der Waals surface area contributed by atoms with Gasteiger partial charge in [-0.15, -0.1) is 0 Å². The van der Waals surface area contributed by atoms with Gasteiger partial charge in [-0.1, -0.05) is 12.1 Å². The van der Waals surface area contributed by atoms with Gasteiger partial charge in [-0.05, 0) is 26.7 Å². The summed E-state index contributed by atoms with van der Waals surface area (Å²) in [4.78, 5) is 18.4. The van der Waals surface area contributed by atoms with Gasteiger partial charge in [0, 0.05) is 49.6 Å². The van der Waals surface area contributed by atoms with Gasteiger partial charge in [-0.2, -0.15) is 0 Å². The number of likely N-dealkylation sites (tertiary alicyclic amines) is 1. The van der Waals surface area contributed by atoms with Crippen molar-refractivity contribution in [2.45, 2.75) is 45.6 Å². The molecule has 2 aromatic rings. The summed E-state index contributed by atoms with van der Waals surface area (Å²) in [6.45, 7) is 8.06. The average Bonchev–Trinajstić information content (AvgIpc) is 3.23. The van der Waals surface area contributed by atoms with Gasteiger partial charge in [0.1, 0.15) is 5.76 Å². The van der Waals surface area contributed by atoms with E-state index in [9.17, 15) is 4.79 Å². The molecule has 1 aliphatic heterocycles. The SMILES string of the molecule is Cc1noc(C)c1C(C)CNC(=O)N1CCC(n2ccnc2)CC1. The Bertz CT molecular complexity index is 652. The third kappa shape index (κ3) is 3.44. The van der Waals surface area contributed by atoms with Crippen LogP contribution in [-0.2, 0) is 0 Å². The molecule has 2 aromatic heterocycles. The number of nitrogens with one attached hydrogen (secondary N) is 1. The summed E-state index contributed by atoms with van der Waals surface area (Å²) < 4.78 is 7.34. The van der Waals surface area contributed by atoms with Crippen molar-refractivity contribution in [3.8, 4) is 0 Å². The van der Waals surface area contributed by atoms with E-state index in [4.69, 9.17) is 4.52 Å². The Morgan fingerprint density at radius 2 is 2.17 bits per heavy atom. The molecular weight excluding hydrogens is 306 g/mol. The maximum absolute atomic E-state index is 12.4. The van der Waals surface area contributed by atoms with Crippen molar-refractivity contribution in [2.24, 2.45) is 0 Å². The fourth-order valence-electron chi connectivity index (χ4n) is 3.50. The molecule has 1 atom stereocenters. The van der Waals surface area contributed by atoms with Crippen LogP contribution in [0.4, 0.5) is 4.79 Å². The molecule has 0 bridgehead atoms. The lowest BCUT2D eigenvalue weighted by atomic mass is 9.99. The first kappa shape index (κ1) is 16.5. The van der Waals surface area contributed by atoms with Gasteiger partial charge in [0.25, 0.3) is 0 Å². The number of hydrogen-bond acceptors (Lipinski definition) is 4. The van der Waals surface area contributed by atoms with Crippen LogP contribution in [0, 0.1) is 13.8 Å². The number of amides is 2. The Balaban J connectivity index is 1.48. The summed E-state index contributed by atoms with van der Waals surface area (Å²) >= 11 is 0. The van der Waals surface area contributed by atoms with Crippen LogP contribution < -0.4 is 5.32 Å². The zero-order chi connectivity index (χ0) is 17.1. The number of aryl methyl sites for hydroxylation is 2. The molecule has 1 aliphatic rings. The van der Waals surface area contributed by atoms with Crippen LogP contribution in [-0.4, -0.2) is 45.3 Å². The second kappa shape index (κ2) is 7.07. The first-order chi connectivity index (χ1) is 11.6. The van der Waals surface area contributed by atoms with E-state index in [0.717, 1.165) is 42.9 Å². The molecular formula is C17H25N5O2. The lowest BCUT2D eigenvalue weighted by Crippen LogP contribution is -2.45. The standard InChI is InChI=1S/C17H25N5O2/c1-12(16-13(2)20-24-14(16)3)10-19-17(23)21-7-4-15(5-8-21)22-9-6-18-11-22/h6,9,11-12,15H,4-5,7-8,10H2,1-3H3,(H,19,23). The fourth-order valence-corrected chi connectivity index (χ4v) is 3.50. The van der Waals surface area contributed by atoms with Crippen LogP contribution in [0.1, 0.15) is 48.7 Å². The molecule has 0 spiro atoms. The third-order valence-corrected chi connectivity index (χ3v) is 4.84. The monoisotopic (exact) mass is 331 g/mol. The molecule has 0 aliphatic carbocycles. The first-order valence-corrected chi connectivity index (χ1v) is 8.49. The van der Waals surface area contributed by atoms with E-state index in [1.54, 1.807) is 6.20 Å². The van der Waals surface area contributed by atoms with E-state index in [1.165, 1.54) is 0 Å². The maximum Gasteiger partial charge on any atom is 0.317 e. The average molecular weight is 331 g/mol. The number of carbonyl (C=O) groups excluding carboxylic acids is 1. The highest BCUT2D eigenvalue weighted by Crippen LogP contribution is 2.24. The Hall–Kier alpha value is -2.31. The van der Waals surface area contributed by atoms with Gasteiger partial charge in [0.2, 0.25) is 0 Å². The quantitative estimate of drug-likeness (QED) is 0.934. The van der Waals surface area contributed by atoms with Crippen LogP contribution in [0.5, 0.6) is 0 Å². The Morgan fingerprint density at radius 1 is 1.42 bits per heavy atom. The second-order valence-corrected chi connectivity index (χ2v) is 6.55. The van der Waals surface area contributed by atoms with Crippen LogP contribution in [0.15, 0.2) is 23.2 Å². The van der Waals surface area contributed by atoms with Crippen molar-refractivity contribution in [1.29, 1.82) is 0 Å². The Labute approximate surface area is 142 Å². The lowest BCUT2D eigenvalue weighted by molar-refractivity contribution is 0.171. The Morgan fingerprint density at radius 3 is 2.75 bits per heavy atom. The number of nitrogens with zero attached hydrogens (tertiary/aromatic N) is 4. The number of aromatic nitrogens is 3. The van der Waals surface area contributed by atoms with Crippen LogP contribution >= 0.6 is 0 Å². The van der Waals surface area contributed by atoms with Crippen molar-refractivity contribution in [3.05, 3.63) is 35.7 Å². The number of imidazole rings is 1. The van der Waals surface area contributed by atoms with Crippen LogP contribution in [0.3, 0.4) is 0 Å². The zero-order valence-corrected chi connectivity index (χ0v) is 14.5. The summed E-state index contributed by atoms with van der Waals surface area (Å²) in [5, 5.41) is 7.02. The van der Waals surface area contributed by atoms with E-state index in [1.807, 2.05) is 31.3 Å². The normalized spacial score (nSPS) is 17.0. The van der Waals surface area contributed by atoms with Crippen molar-refractivity contribution in [2.75, 3.05) is 19.6 Å². The molecule has 1 N–H and O–H groups in total. The first-order valence-electron chi connectivity index (χ1n) is 8.49. The minimum atomic E-state index is 0.0118. The van der Waals surface area contributed by atoms with Gasteiger partial charge in [0.05, 0.1) is 12.0 Å². The topological polar surface area (TPSA) is 76.2 Å². The van der Waals surface area contributed by atoms with Gasteiger partial charge < -0.3 is 19.3 Å². The minimum absolute atomic E-state index is 0.0118. The molecule has 24 heavy (non-hydrogen) atoms. The molecule has 3 heterocycles. The van der Waals surface area contributed by atoms with Gasteiger partial charge in [-0.3, -0.25) is 0 Å². The molecule has 2 amide bonds. The largest absolute Gasteiger partial charge is 0.361 e. The fraction of sp³-hybridized carbons (Fsp3) is 0.588. The van der Waals surface area contributed by atoms with Gasteiger partial charge in [-0.25, -0.2) is 9.78 Å². The molecule has 7 heteroatoms. The number of rotatable bonds is 4. The Kier molecular flexibility index (Phi) is 4.87. The smallest absolute Gasteiger partial charge is 0.317 e. The predicted molar refractivity (Wildman–Crippen MR) is 89.9 cm³/mol. The summed E-state index contributed by atoms with van der Waals surface area (Å²) in [6, 6.07) is 0.454. The molecule has 7 nitrogen and oxygen atoms in total. The molecule has 0 radical (unpaired) electrons. The zero-order valence-electron chi connectivity index (χ0n) is 14.5. The van der Waals surface area contributed by atoms with Crippen LogP contribution in [0.25, 0.3) is 0 Å². The lowest BCUT2D eigenvalue weighted by Gasteiger charge is -2.32. The summed E-state index contributed by atoms with van der Waals surface area (Å²) in [5.41, 5.74) is 1.99. The van der Waals surface area contributed by atoms with Crippen molar-refractivity contribution < 1.29 is 9.32 Å².